The van der Waals surface area contributed by atoms with Crippen molar-refractivity contribution in [2.24, 2.45) is 0 Å². The van der Waals surface area contributed by atoms with Gasteiger partial charge in [-0.1, -0.05) is 6.92 Å². The second-order valence-electron chi connectivity index (χ2n) is 8.13. The highest BCUT2D eigenvalue weighted by Crippen LogP contribution is 2.35. The van der Waals surface area contributed by atoms with Gasteiger partial charge in [0.25, 0.3) is 5.91 Å². The Hall–Kier alpha value is -2.67. The maximum absolute atomic E-state index is 13.6. The number of methoxy groups -OCH3 is 1. The molecule has 0 unspecified atom stereocenters. The van der Waals surface area contributed by atoms with Crippen molar-refractivity contribution in [2.75, 3.05) is 69.0 Å². The van der Waals surface area contributed by atoms with Crippen molar-refractivity contribution in [3.05, 3.63) is 47.3 Å². The number of aryl methyl sites for hydroxylation is 1. The number of benzene rings is 2. The molecule has 0 spiro atoms. The van der Waals surface area contributed by atoms with Crippen molar-refractivity contribution in [1.82, 2.24) is 4.90 Å². The predicted octanol–water partition coefficient (Wildman–Crippen LogP) is 4.41. The summed E-state index contributed by atoms with van der Waals surface area (Å²) in [7, 11) is 5.13. The Kier molecular flexibility index (Phi) is 9.01. The van der Waals surface area contributed by atoms with E-state index in [2.05, 4.69) is 28.1 Å². The first-order valence-electron chi connectivity index (χ1n) is 10.8. The zero-order valence-corrected chi connectivity index (χ0v) is 20.4. The Morgan fingerprint density at radius 3 is 2.38 bits per heavy atom. The lowest BCUT2D eigenvalue weighted by atomic mass is 10.0. The Balaban J connectivity index is 0.00000363. The molecule has 0 saturated carbocycles. The molecule has 176 valence electrons. The van der Waals surface area contributed by atoms with Gasteiger partial charge in [0.05, 0.1) is 29.7 Å². The molecule has 32 heavy (non-hydrogen) atoms. The molecule has 3 rings (SSSR count). The standard InChI is InChI=1S/C24H33FN4O2.ClH/c1-6-9-26-20-15-17(2)14-19(24(30)27(3)4)23(20)29-12-10-28(11-13-29)21-8-7-18(25)16-22(21)31-5;/h7-8,14-16,26H,6,9-13H2,1-5H3;1H. The number of hydrogen-bond acceptors (Lipinski definition) is 5. The SMILES string of the molecule is CCCNc1cc(C)cc(C(=O)N(C)C)c1N1CCN(c2ccc(F)cc2OC)CC1.Cl. The van der Waals surface area contributed by atoms with Crippen LogP contribution in [0.25, 0.3) is 0 Å². The zero-order valence-electron chi connectivity index (χ0n) is 19.6. The predicted molar refractivity (Wildman–Crippen MR) is 133 cm³/mol. The van der Waals surface area contributed by atoms with Crippen LogP contribution in [-0.4, -0.2) is 64.7 Å². The molecule has 1 fully saturated rings. The molecule has 1 amide bonds. The molecule has 2 aromatic rings. The van der Waals surface area contributed by atoms with Crippen molar-refractivity contribution < 1.29 is 13.9 Å². The average molecular weight is 465 g/mol. The monoisotopic (exact) mass is 464 g/mol. The van der Waals surface area contributed by atoms with Gasteiger partial charge in [-0.25, -0.2) is 4.39 Å². The van der Waals surface area contributed by atoms with Gasteiger partial charge in [-0.2, -0.15) is 0 Å². The maximum Gasteiger partial charge on any atom is 0.255 e. The summed E-state index contributed by atoms with van der Waals surface area (Å²) in [6.07, 6.45) is 1.00. The smallest absolute Gasteiger partial charge is 0.255 e. The zero-order chi connectivity index (χ0) is 22.5. The molecule has 1 heterocycles. The first-order chi connectivity index (χ1) is 14.8. The molecular weight excluding hydrogens is 431 g/mol. The number of anilines is 3. The fourth-order valence-corrected chi connectivity index (χ4v) is 4.00. The summed E-state index contributed by atoms with van der Waals surface area (Å²) in [6, 6.07) is 8.75. The number of amides is 1. The van der Waals surface area contributed by atoms with Crippen LogP contribution in [0, 0.1) is 12.7 Å². The van der Waals surface area contributed by atoms with Crippen molar-refractivity contribution in [3.8, 4) is 5.75 Å². The number of rotatable bonds is 7. The highest BCUT2D eigenvalue weighted by molar-refractivity contribution is 6.03. The Morgan fingerprint density at radius 2 is 1.78 bits per heavy atom. The van der Waals surface area contributed by atoms with Crippen molar-refractivity contribution in [3.63, 3.8) is 0 Å². The van der Waals surface area contributed by atoms with E-state index in [1.807, 2.05) is 13.0 Å². The lowest BCUT2D eigenvalue weighted by molar-refractivity contribution is 0.0828. The van der Waals surface area contributed by atoms with E-state index in [1.54, 1.807) is 32.2 Å². The molecule has 0 radical (unpaired) electrons. The third-order valence-electron chi connectivity index (χ3n) is 5.53. The van der Waals surface area contributed by atoms with Crippen molar-refractivity contribution >= 4 is 35.4 Å². The second-order valence-corrected chi connectivity index (χ2v) is 8.13. The van der Waals surface area contributed by atoms with E-state index in [9.17, 15) is 9.18 Å². The molecule has 0 bridgehead atoms. The third-order valence-corrected chi connectivity index (χ3v) is 5.53. The van der Waals surface area contributed by atoms with E-state index in [0.29, 0.717) is 5.75 Å². The maximum atomic E-state index is 13.6. The molecule has 6 nitrogen and oxygen atoms in total. The van der Waals surface area contributed by atoms with E-state index in [1.165, 1.54) is 12.1 Å². The average Bonchev–Trinajstić information content (AvgIpc) is 2.76. The van der Waals surface area contributed by atoms with Crippen LogP contribution in [0.15, 0.2) is 30.3 Å². The van der Waals surface area contributed by atoms with Gasteiger partial charge in [-0.3, -0.25) is 4.79 Å². The molecule has 2 aromatic carbocycles. The van der Waals surface area contributed by atoms with Crippen molar-refractivity contribution in [1.29, 1.82) is 0 Å². The van der Waals surface area contributed by atoms with Gasteiger partial charge in [0.15, 0.2) is 0 Å². The van der Waals surface area contributed by atoms with Crippen LogP contribution in [0.3, 0.4) is 0 Å². The summed E-state index contributed by atoms with van der Waals surface area (Å²) in [4.78, 5) is 19.1. The van der Waals surface area contributed by atoms with Gasteiger partial charge in [-0.05, 0) is 43.2 Å². The second kappa shape index (κ2) is 11.3. The van der Waals surface area contributed by atoms with Gasteiger partial charge in [-0.15, -0.1) is 12.4 Å². The fourth-order valence-electron chi connectivity index (χ4n) is 4.00. The lowest BCUT2D eigenvalue weighted by Crippen LogP contribution is -2.47. The first kappa shape index (κ1) is 25.6. The number of carbonyl (C=O) groups is 1. The van der Waals surface area contributed by atoms with Gasteiger partial charge in [0.2, 0.25) is 0 Å². The molecule has 1 aliphatic rings. The van der Waals surface area contributed by atoms with Gasteiger partial charge >= 0.3 is 0 Å². The topological polar surface area (TPSA) is 48.1 Å². The number of nitrogens with zero attached hydrogens (tertiary/aromatic N) is 3. The summed E-state index contributed by atoms with van der Waals surface area (Å²) < 4.78 is 19.0. The van der Waals surface area contributed by atoms with E-state index >= 15 is 0 Å². The van der Waals surface area contributed by atoms with Crippen LogP contribution in [-0.2, 0) is 0 Å². The first-order valence-corrected chi connectivity index (χ1v) is 10.8. The number of ether oxygens (including phenoxy) is 1. The van der Waals surface area contributed by atoms with Crippen LogP contribution >= 0.6 is 12.4 Å². The molecule has 0 aromatic heterocycles. The van der Waals surface area contributed by atoms with Gasteiger partial charge in [0.1, 0.15) is 11.6 Å². The molecule has 8 heteroatoms. The van der Waals surface area contributed by atoms with E-state index in [-0.39, 0.29) is 24.1 Å². The van der Waals surface area contributed by atoms with Gasteiger partial charge in [0, 0.05) is 52.9 Å². The Morgan fingerprint density at radius 1 is 1.12 bits per heavy atom. The van der Waals surface area contributed by atoms with Crippen LogP contribution in [0.5, 0.6) is 5.75 Å². The molecule has 1 aliphatic heterocycles. The number of halogens is 2. The Bertz CT molecular complexity index is 930. The number of carbonyl (C=O) groups excluding carboxylic acids is 1. The summed E-state index contributed by atoms with van der Waals surface area (Å²) in [5.41, 5.74) is 4.63. The van der Waals surface area contributed by atoms with Crippen molar-refractivity contribution in [2.45, 2.75) is 20.3 Å². The summed E-state index contributed by atoms with van der Waals surface area (Å²) in [5.74, 6) is 0.232. The van der Waals surface area contributed by atoms with E-state index < -0.39 is 0 Å². The lowest BCUT2D eigenvalue weighted by Gasteiger charge is -2.39. The molecule has 1 N–H and O–H groups in total. The summed E-state index contributed by atoms with van der Waals surface area (Å²) in [6.45, 7) is 7.99. The Labute approximate surface area is 196 Å². The van der Waals surface area contributed by atoms with E-state index in [0.717, 1.165) is 67.3 Å². The number of piperazine rings is 1. The number of nitrogens with one attached hydrogen (secondary N) is 1. The van der Waals surface area contributed by atoms with Crippen LogP contribution in [0.1, 0.15) is 29.3 Å². The van der Waals surface area contributed by atoms with E-state index in [4.69, 9.17) is 4.74 Å². The summed E-state index contributed by atoms with van der Waals surface area (Å²) >= 11 is 0. The summed E-state index contributed by atoms with van der Waals surface area (Å²) in [5, 5.41) is 3.51. The molecule has 0 aliphatic carbocycles. The molecular formula is C24H34ClFN4O2. The third kappa shape index (κ3) is 5.57. The minimum absolute atomic E-state index is 0. The molecule has 1 saturated heterocycles. The minimum Gasteiger partial charge on any atom is -0.494 e. The highest BCUT2D eigenvalue weighted by Gasteiger charge is 2.26. The highest BCUT2D eigenvalue weighted by atomic mass is 35.5. The quantitative estimate of drug-likeness (QED) is 0.657. The van der Waals surface area contributed by atoms with Crippen LogP contribution in [0.4, 0.5) is 21.5 Å². The van der Waals surface area contributed by atoms with Gasteiger partial charge < -0.3 is 24.8 Å². The molecule has 0 atom stereocenters. The minimum atomic E-state index is -0.308. The number of hydrogen-bond donors (Lipinski definition) is 1. The normalized spacial score (nSPS) is 13.4. The van der Waals surface area contributed by atoms with Crippen LogP contribution < -0.4 is 19.9 Å². The largest absolute Gasteiger partial charge is 0.494 e. The van der Waals surface area contributed by atoms with Crippen LogP contribution in [0.2, 0.25) is 0 Å². The fraction of sp³-hybridized carbons (Fsp3) is 0.458.